The molecule has 0 aliphatic heterocycles. The van der Waals surface area contributed by atoms with Gasteiger partial charge in [0.1, 0.15) is 22.9 Å². The van der Waals surface area contributed by atoms with E-state index in [4.69, 9.17) is 0 Å². The summed E-state index contributed by atoms with van der Waals surface area (Å²) in [6.45, 7) is 0. The molecule has 0 radical (unpaired) electrons. The second-order valence-corrected chi connectivity index (χ2v) is 4.71. The third-order valence-electron chi connectivity index (χ3n) is 2.44. The molecule has 0 aromatic heterocycles. The zero-order chi connectivity index (χ0) is 14.9. The van der Waals surface area contributed by atoms with E-state index < -0.39 is 40.4 Å². The van der Waals surface area contributed by atoms with E-state index in [1.54, 1.807) is 0 Å². The van der Waals surface area contributed by atoms with Gasteiger partial charge in [0.25, 0.3) is 5.91 Å². The molecule has 1 amide bonds. The molecule has 2 nitrogen and oxygen atoms in total. The van der Waals surface area contributed by atoms with Crippen LogP contribution in [-0.4, -0.2) is 5.91 Å². The molecule has 0 fully saturated rings. The molecule has 0 aliphatic carbocycles. The van der Waals surface area contributed by atoms with Crippen LogP contribution in [0, 0.1) is 23.3 Å². The molecule has 2 rings (SSSR count). The summed E-state index contributed by atoms with van der Waals surface area (Å²) in [5.41, 5.74) is -1.69. The minimum atomic E-state index is -1.28. The highest BCUT2D eigenvalue weighted by Gasteiger charge is 2.20. The summed E-state index contributed by atoms with van der Waals surface area (Å²) in [5, 5.41) is 1.81. The normalized spacial score (nSPS) is 10.4. The molecule has 0 heterocycles. The van der Waals surface area contributed by atoms with Crippen LogP contribution < -0.4 is 5.32 Å². The Labute approximate surface area is 119 Å². The quantitative estimate of drug-likeness (QED) is 0.808. The van der Waals surface area contributed by atoms with Gasteiger partial charge in [-0.15, -0.1) is 0 Å². The van der Waals surface area contributed by atoms with Gasteiger partial charge in [-0.3, -0.25) is 4.79 Å². The SMILES string of the molecule is O=C(Nc1c(F)cc(Br)cc1F)c1c(F)cccc1F. The van der Waals surface area contributed by atoms with Crippen molar-refractivity contribution in [2.75, 3.05) is 5.32 Å². The van der Waals surface area contributed by atoms with Crippen LogP contribution in [-0.2, 0) is 0 Å². The highest BCUT2D eigenvalue weighted by Crippen LogP contribution is 2.25. The Balaban J connectivity index is 2.38. The van der Waals surface area contributed by atoms with E-state index in [0.717, 1.165) is 30.3 Å². The molecule has 2 aromatic carbocycles. The van der Waals surface area contributed by atoms with Crippen LogP contribution in [0.3, 0.4) is 0 Å². The number of anilines is 1. The fourth-order valence-electron chi connectivity index (χ4n) is 1.55. The van der Waals surface area contributed by atoms with Crippen molar-refractivity contribution >= 4 is 27.5 Å². The second kappa shape index (κ2) is 5.62. The van der Waals surface area contributed by atoms with Crippen LogP contribution in [0.15, 0.2) is 34.8 Å². The molecule has 20 heavy (non-hydrogen) atoms. The number of hydrogen-bond donors (Lipinski definition) is 1. The maximum atomic E-state index is 13.5. The summed E-state index contributed by atoms with van der Waals surface area (Å²) >= 11 is 2.87. The first-order chi connectivity index (χ1) is 9.40. The van der Waals surface area contributed by atoms with Crippen LogP contribution >= 0.6 is 15.9 Å². The Morgan fingerprint density at radius 3 is 1.95 bits per heavy atom. The minimum Gasteiger partial charge on any atom is -0.317 e. The lowest BCUT2D eigenvalue weighted by Crippen LogP contribution is -2.17. The van der Waals surface area contributed by atoms with Gasteiger partial charge in [0.05, 0.1) is 0 Å². The average Bonchev–Trinajstić information content (AvgIpc) is 2.33. The van der Waals surface area contributed by atoms with E-state index in [0.29, 0.717) is 0 Å². The minimum absolute atomic E-state index is 0.127. The standard InChI is InChI=1S/C13H6BrF4NO/c14-6-4-9(17)12(10(18)5-6)19-13(20)11-7(15)2-1-3-8(11)16/h1-5H,(H,19,20). The summed E-state index contributed by atoms with van der Waals surface area (Å²) in [7, 11) is 0. The smallest absolute Gasteiger partial charge is 0.261 e. The molecule has 0 bridgehead atoms. The first-order valence-electron chi connectivity index (χ1n) is 5.30. The number of carbonyl (C=O) groups excluding carboxylic acids is 1. The first-order valence-corrected chi connectivity index (χ1v) is 6.09. The zero-order valence-corrected chi connectivity index (χ0v) is 11.3. The number of benzene rings is 2. The van der Waals surface area contributed by atoms with Crippen LogP contribution in [0.2, 0.25) is 0 Å². The van der Waals surface area contributed by atoms with Gasteiger partial charge in [0, 0.05) is 4.47 Å². The Hall–Kier alpha value is -1.89. The van der Waals surface area contributed by atoms with Gasteiger partial charge in [0.15, 0.2) is 11.6 Å². The molecule has 0 atom stereocenters. The largest absolute Gasteiger partial charge is 0.317 e. The van der Waals surface area contributed by atoms with Crippen molar-refractivity contribution in [3.63, 3.8) is 0 Å². The van der Waals surface area contributed by atoms with Crippen molar-refractivity contribution in [2.24, 2.45) is 0 Å². The molecular weight excluding hydrogens is 342 g/mol. The molecule has 0 saturated carbocycles. The van der Waals surface area contributed by atoms with Gasteiger partial charge in [-0.25, -0.2) is 17.6 Å². The molecule has 0 aliphatic rings. The van der Waals surface area contributed by atoms with E-state index in [1.807, 2.05) is 5.32 Å². The second-order valence-electron chi connectivity index (χ2n) is 3.80. The van der Waals surface area contributed by atoms with E-state index >= 15 is 0 Å². The molecule has 0 saturated heterocycles. The van der Waals surface area contributed by atoms with E-state index in [9.17, 15) is 22.4 Å². The van der Waals surface area contributed by atoms with E-state index in [-0.39, 0.29) is 4.47 Å². The van der Waals surface area contributed by atoms with Crippen molar-refractivity contribution in [3.8, 4) is 0 Å². The molecule has 0 unspecified atom stereocenters. The third-order valence-corrected chi connectivity index (χ3v) is 2.89. The summed E-state index contributed by atoms with van der Waals surface area (Å²) < 4.78 is 53.9. The lowest BCUT2D eigenvalue weighted by atomic mass is 10.1. The predicted molar refractivity (Wildman–Crippen MR) is 68.4 cm³/mol. The van der Waals surface area contributed by atoms with Crippen LogP contribution in [0.25, 0.3) is 0 Å². The van der Waals surface area contributed by atoms with Gasteiger partial charge in [-0.2, -0.15) is 0 Å². The average molecular weight is 348 g/mol. The summed E-state index contributed by atoms with van der Waals surface area (Å²) in [5.74, 6) is -5.66. The van der Waals surface area contributed by atoms with Crippen LogP contribution in [0.4, 0.5) is 23.2 Å². The van der Waals surface area contributed by atoms with E-state index in [1.165, 1.54) is 0 Å². The fraction of sp³-hybridized carbons (Fsp3) is 0. The number of hydrogen-bond acceptors (Lipinski definition) is 1. The van der Waals surface area contributed by atoms with Gasteiger partial charge < -0.3 is 5.32 Å². The van der Waals surface area contributed by atoms with Gasteiger partial charge in [-0.05, 0) is 24.3 Å². The lowest BCUT2D eigenvalue weighted by molar-refractivity contribution is 0.101. The molecule has 7 heteroatoms. The maximum Gasteiger partial charge on any atom is 0.261 e. The number of carbonyl (C=O) groups is 1. The molecule has 104 valence electrons. The van der Waals surface area contributed by atoms with Crippen molar-refractivity contribution < 1.29 is 22.4 Å². The summed E-state index contributed by atoms with van der Waals surface area (Å²) in [6, 6.07) is 4.63. The lowest BCUT2D eigenvalue weighted by Gasteiger charge is -2.09. The van der Waals surface area contributed by atoms with Crippen molar-refractivity contribution in [2.45, 2.75) is 0 Å². The van der Waals surface area contributed by atoms with Crippen LogP contribution in [0.1, 0.15) is 10.4 Å². The predicted octanol–water partition coefficient (Wildman–Crippen LogP) is 4.26. The Bertz CT molecular complexity index is 647. The number of amides is 1. The Morgan fingerprint density at radius 2 is 1.45 bits per heavy atom. The first kappa shape index (κ1) is 14.5. The topological polar surface area (TPSA) is 29.1 Å². The van der Waals surface area contributed by atoms with Crippen molar-refractivity contribution in [1.29, 1.82) is 0 Å². The zero-order valence-electron chi connectivity index (χ0n) is 9.68. The Morgan fingerprint density at radius 1 is 0.950 bits per heavy atom. The highest BCUT2D eigenvalue weighted by atomic mass is 79.9. The van der Waals surface area contributed by atoms with E-state index in [2.05, 4.69) is 15.9 Å². The van der Waals surface area contributed by atoms with Gasteiger partial charge in [-0.1, -0.05) is 22.0 Å². The van der Waals surface area contributed by atoms with Crippen molar-refractivity contribution in [1.82, 2.24) is 0 Å². The summed E-state index contributed by atoms with van der Waals surface area (Å²) in [6.07, 6.45) is 0. The van der Waals surface area contributed by atoms with Crippen LogP contribution in [0.5, 0.6) is 0 Å². The monoisotopic (exact) mass is 347 g/mol. The molecule has 0 spiro atoms. The molecule has 1 N–H and O–H groups in total. The highest BCUT2D eigenvalue weighted by molar-refractivity contribution is 9.10. The number of nitrogens with one attached hydrogen (secondary N) is 1. The van der Waals surface area contributed by atoms with Crippen molar-refractivity contribution in [3.05, 3.63) is 63.6 Å². The third kappa shape index (κ3) is 2.82. The summed E-state index contributed by atoms with van der Waals surface area (Å²) in [4.78, 5) is 11.7. The number of halogens is 5. The number of rotatable bonds is 2. The maximum absolute atomic E-state index is 13.5. The fourth-order valence-corrected chi connectivity index (χ4v) is 1.95. The molecular formula is C13H6BrF4NO. The van der Waals surface area contributed by atoms with Gasteiger partial charge in [0.2, 0.25) is 0 Å². The Kier molecular flexibility index (Phi) is 4.08. The van der Waals surface area contributed by atoms with Gasteiger partial charge >= 0.3 is 0 Å². The molecule has 2 aromatic rings.